The second kappa shape index (κ2) is 4.00. The molecule has 1 N–H and O–H groups in total. The fraction of sp³-hybridized carbons (Fsp3) is 0.500. The normalized spacial score (nSPS) is 15.4. The molecule has 5 nitrogen and oxygen atoms in total. The maximum absolute atomic E-state index is 9.18. The predicted molar refractivity (Wildman–Crippen MR) is 65.2 cm³/mol. The van der Waals surface area contributed by atoms with Crippen LogP contribution in [-0.4, -0.2) is 38.9 Å². The molecule has 0 unspecified atom stereocenters. The Morgan fingerprint density at radius 1 is 1.47 bits per heavy atom. The fourth-order valence-corrected chi connectivity index (χ4v) is 2.22. The van der Waals surface area contributed by atoms with Gasteiger partial charge < -0.3 is 10.0 Å². The van der Waals surface area contributed by atoms with Crippen molar-refractivity contribution in [3.63, 3.8) is 0 Å². The summed E-state index contributed by atoms with van der Waals surface area (Å²) in [6.07, 6.45) is 3.97. The van der Waals surface area contributed by atoms with Gasteiger partial charge >= 0.3 is 0 Å². The zero-order valence-electron chi connectivity index (χ0n) is 9.87. The van der Waals surface area contributed by atoms with Crippen molar-refractivity contribution in [1.29, 1.82) is 0 Å². The molecule has 0 aliphatic heterocycles. The van der Waals surface area contributed by atoms with E-state index in [1.165, 1.54) is 18.4 Å². The fourth-order valence-electron chi connectivity index (χ4n) is 2.22. The molecule has 5 heteroatoms. The third-order valence-electron chi connectivity index (χ3n) is 3.13. The number of aryl methyl sites for hydroxylation is 1. The summed E-state index contributed by atoms with van der Waals surface area (Å²) in [5, 5.41) is 13.4. The zero-order chi connectivity index (χ0) is 11.8. The molecule has 3 rings (SSSR count). The molecule has 0 aromatic carbocycles. The number of aromatic nitrogens is 3. The molecule has 2 aromatic heterocycles. The number of anilines is 1. The second-order valence-corrected chi connectivity index (χ2v) is 4.57. The highest BCUT2D eigenvalue weighted by Crippen LogP contribution is 2.31. The van der Waals surface area contributed by atoms with Gasteiger partial charge in [-0.15, -0.1) is 0 Å². The average molecular weight is 232 g/mol. The molecule has 1 fully saturated rings. The third kappa shape index (κ3) is 1.86. The second-order valence-electron chi connectivity index (χ2n) is 4.57. The SMILES string of the molecule is Cc1cc(N(CCO)C2CC2)n2ncnc2c1. The lowest BCUT2D eigenvalue weighted by molar-refractivity contribution is 0.301. The summed E-state index contributed by atoms with van der Waals surface area (Å²) < 4.78 is 1.85. The quantitative estimate of drug-likeness (QED) is 0.854. The lowest BCUT2D eigenvalue weighted by Crippen LogP contribution is -2.30. The first-order valence-corrected chi connectivity index (χ1v) is 5.97. The van der Waals surface area contributed by atoms with Crippen molar-refractivity contribution in [2.45, 2.75) is 25.8 Å². The van der Waals surface area contributed by atoms with Crippen LogP contribution in [0.15, 0.2) is 18.5 Å². The summed E-state index contributed by atoms with van der Waals surface area (Å²) >= 11 is 0. The van der Waals surface area contributed by atoms with E-state index >= 15 is 0 Å². The Hall–Kier alpha value is -1.62. The number of fused-ring (bicyclic) bond motifs is 1. The molecule has 90 valence electrons. The van der Waals surface area contributed by atoms with Crippen LogP contribution in [0.4, 0.5) is 5.82 Å². The molecule has 17 heavy (non-hydrogen) atoms. The topological polar surface area (TPSA) is 53.7 Å². The van der Waals surface area contributed by atoms with E-state index in [9.17, 15) is 5.11 Å². The van der Waals surface area contributed by atoms with E-state index in [0.717, 1.165) is 11.5 Å². The summed E-state index contributed by atoms with van der Waals surface area (Å²) in [5.41, 5.74) is 2.03. The molecule has 0 amide bonds. The van der Waals surface area contributed by atoms with Crippen LogP contribution in [0.1, 0.15) is 18.4 Å². The standard InChI is InChI=1S/C12H16N4O/c1-9-6-11-13-8-14-16(11)12(7-9)15(4-5-17)10-2-3-10/h6-8,10,17H,2-5H2,1H3. The molecule has 0 bridgehead atoms. The van der Waals surface area contributed by atoms with Crippen LogP contribution in [0, 0.1) is 6.92 Å². The molecular weight excluding hydrogens is 216 g/mol. The number of hydrogen-bond acceptors (Lipinski definition) is 4. The van der Waals surface area contributed by atoms with E-state index in [1.807, 2.05) is 10.6 Å². The Balaban J connectivity index is 2.09. The van der Waals surface area contributed by atoms with Gasteiger partial charge in [-0.25, -0.2) is 4.98 Å². The Morgan fingerprint density at radius 2 is 2.29 bits per heavy atom. The lowest BCUT2D eigenvalue weighted by atomic mass is 10.2. The summed E-state index contributed by atoms with van der Waals surface area (Å²) in [5.74, 6) is 1.04. The van der Waals surface area contributed by atoms with Crippen molar-refractivity contribution < 1.29 is 5.11 Å². The van der Waals surface area contributed by atoms with E-state index in [0.29, 0.717) is 12.6 Å². The number of pyridine rings is 1. The van der Waals surface area contributed by atoms with Gasteiger partial charge in [-0.3, -0.25) is 0 Å². The smallest absolute Gasteiger partial charge is 0.157 e. The van der Waals surface area contributed by atoms with Crippen LogP contribution >= 0.6 is 0 Å². The van der Waals surface area contributed by atoms with E-state index in [4.69, 9.17) is 0 Å². The van der Waals surface area contributed by atoms with Gasteiger partial charge in [0.15, 0.2) is 5.65 Å². The molecule has 2 aromatic rings. The first-order valence-electron chi connectivity index (χ1n) is 5.97. The van der Waals surface area contributed by atoms with Gasteiger partial charge in [0, 0.05) is 12.6 Å². The van der Waals surface area contributed by atoms with Crippen molar-refractivity contribution in [3.05, 3.63) is 24.0 Å². The van der Waals surface area contributed by atoms with E-state index in [-0.39, 0.29) is 6.61 Å². The Morgan fingerprint density at radius 3 is 3.00 bits per heavy atom. The first kappa shape index (κ1) is 10.5. The van der Waals surface area contributed by atoms with E-state index < -0.39 is 0 Å². The maximum atomic E-state index is 9.18. The van der Waals surface area contributed by atoms with Crippen LogP contribution < -0.4 is 4.90 Å². The lowest BCUT2D eigenvalue weighted by Gasteiger charge is -2.24. The Labute approximate surface area is 99.7 Å². The van der Waals surface area contributed by atoms with Gasteiger partial charge in [-0.1, -0.05) is 0 Å². The van der Waals surface area contributed by atoms with Gasteiger partial charge in [-0.2, -0.15) is 9.61 Å². The highest BCUT2D eigenvalue weighted by atomic mass is 16.3. The van der Waals surface area contributed by atoms with Crippen molar-refractivity contribution >= 4 is 11.5 Å². The molecule has 1 aliphatic rings. The Bertz CT molecular complexity index is 532. The summed E-state index contributed by atoms with van der Waals surface area (Å²) in [6, 6.07) is 4.67. The van der Waals surface area contributed by atoms with Crippen molar-refractivity contribution in [2.75, 3.05) is 18.1 Å². The number of hydrogen-bond donors (Lipinski definition) is 1. The molecule has 0 atom stereocenters. The number of nitrogens with zero attached hydrogens (tertiary/aromatic N) is 4. The molecule has 1 aliphatic carbocycles. The van der Waals surface area contributed by atoms with Gasteiger partial charge in [0.25, 0.3) is 0 Å². The molecule has 1 saturated carbocycles. The van der Waals surface area contributed by atoms with Crippen molar-refractivity contribution in [2.24, 2.45) is 0 Å². The molecule has 2 heterocycles. The maximum Gasteiger partial charge on any atom is 0.157 e. The predicted octanol–water partition coefficient (Wildman–Crippen LogP) is 0.999. The highest BCUT2D eigenvalue weighted by molar-refractivity contribution is 5.54. The van der Waals surface area contributed by atoms with Gasteiger partial charge in [0.05, 0.1) is 6.61 Å². The van der Waals surface area contributed by atoms with Gasteiger partial charge in [-0.05, 0) is 37.5 Å². The molecular formula is C12H16N4O. The minimum absolute atomic E-state index is 0.167. The average Bonchev–Trinajstić information content (AvgIpc) is 3.04. The van der Waals surface area contributed by atoms with Crippen LogP contribution in [0.3, 0.4) is 0 Å². The largest absolute Gasteiger partial charge is 0.395 e. The summed E-state index contributed by atoms with van der Waals surface area (Å²) in [4.78, 5) is 6.46. The molecule has 0 spiro atoms. The number of aliphatic hydroxyl groups excluding tert-OH is 1. The van der Waals surface area contributed by atoms with E-state index in [1.54, 1.807) is 6.33 Å². The van der Waals surface area contributed by atoms with Crippen LogP contribution in [0.2, 0.25) is 0 Å². The monoisotopic (exact) mass is 232 g/mol. The van der Waals surface area contributed by atoms with Crippen molar-refractivity contribution in [3.8, 4) is 0 Å². The third-order valence-corrected chi connectivity index (χ3v) is 3.13. The minimum Gasteiger partial charge on any atom is -0.395 e. The summed E-state index contributed by atoms with van der Waals surface area (Å²) in [7, 11) is 0. The van der Waals surface area contributed by atoms with Gasteiger partial charge in [0.1, 0.15) is 12.1 Å². The number of aliphatic hydroxyl groups is 1. The van der Waals surface area contributed by atoms with Crippen LogP contribution in [0.5, 0.6) is 0 Å². The molecule has 0 saturated heterocycles. The van der Waals surface area contributed by atoms with Crippen LogP contribution in [-0.2, 0) is 0 Å². The first-order chi connectivity index (χ1) is 8.29. The van der Waals surface area contributed by atoms with Gasteiger partial charge in [0.2, 0.25) is 0 Å². The van der Waals surface area contributed by atoms with Crippen molar-refractivity contribution in [1.82, 2.24) is 14.6 Å². The Kier molecular flexibility index (Phi) is 2.48. The molecule has 0 radical (unpaired) electrons. The zero-order valence-corrected chi connectivity index (χ0v) is 9.87. The van der Waals surface area contributed by atoms with Crippen LogP contribution in [0.25, 0.3) is 5.65 Å². The highest BCUT2D eigenvalue weighted by Gasteiger charge is 2.30. The van der Waals surface area contributed by atoms with E-state index in [2.05, 4.69) is 28.0 Å². The summed E-state index contributed by atoms with van der Waals surface area (Å²) in [6.45, 7) is 2.88. The minimum atomic E-state index is 0.167. The number of rotatable bonds is 4.